The number of hydrogen-bond acceptors (Lipinski definition) is 6. The molecule has 0 atom stereocenters. The number of nitrogens with one attached hydrogen (secondary N) is 3. The molecule has 228 valence electrons. The number of aliphatic imine (C=N–C) groups is 2. The molecule has 7 N–H and O–H groups in total. The van der Waals surface area contributed by atoms with E-state index in [1.54, 1.807) is 0 Å². The molecule has 1 heterocycles. The molecule has 0 aliphatic carbocycles. The van der Waals surface area contributed by atoms with Crippen LogP contribution in [-0.2, 0) is 19.6 Å². The van der Waals surface area contributed by atoms with Crippen molar-refractivity contribution in [3.05, 3.63) is 77.4 Å². The van der Waals surface area contributed by atoms with Crippen LogP contribution in [0.25, 0.3) is 0 Å². The van der Waals surface area contributed by atoms with Gasteiger partial charge in [0.2, 0.25) is 5.96 Å². The molecule has 2 amide bonds. The first-order valence-corrected chi connectivity index (χ1v) is 15.1. The van der Waals surface area contributed by atoms with Crippen molar-refractivity contribution < 1.29 is 9.53 Å². The number of urea groups is 1. The number of nitrogens with two attached hydrogens (primary N) is 2. The maximum Gasteiger partial charge on any atom is 0.324 e. The van der Waals surface area contributed by atoms with Crippen molar-refractivity contribution in [1.82, 2.24) is 21.0 Å². The van der Waals surface area contributed by atoms with Crippen molar-refractivity contribution >= 4 is 18.0 Å². The molecule has 2 aromatic rings. The zero-order chi connectivity index (χ0) is 29.8. The highest BCUT2D eigenvalue weighted by molar-refractivity contribution is 5.95. The fourth-order valence-electron chi connectivity index (χ4n) is 4.79. The summed E-state index contributed by atoms with van der Waals surface area (Å²) in [5.41, 5.74) is 12.0. The number of carbonyl (C=O) groups excluding carboxylic acids is 1. The van der Waals surface area contributed by atoms with Gasteiger partial charge < -0.3 is 20.7 Å². The number of ether oxygens (including phenoxy) is 1. The molecule has 1 aliphatic rings. The second-order valence-corrected chi connectivity index (χ2v) is 10.3. The van der Waals surface area contributed by atoms with E-state index in [4.69, 9.17) is 16.3 Å². The highest BCUT2D eigenvalue weighted by Crippen LogP contribution is 2.22. The molecule has 3 rings (SSSR count). The van der Waals surface area contributed by atoms with Crippen LogP contribution in [-0.4, -0.2) is 49.0 Å². The Morgan fingerprint density at radius 3 is 2.55 bits per heavy atom. The molecular weight excluding hydrogens is 528 g/mol. The minimum atomic E-state index is -0.199. The summed E-state index contributed by atoms with van der Waals surface area (Å²) in [5.74, 6) is 7.03. The average Bonchev–Trinajstić information content (AvgIpc) is 3.01. The van der Waals surface area contributed by atoms with Gasteiger partial charge in [-0.25, -0.2) is 20.6 Å². The number of hydrogen-bond donors (Lipinski definition) is 5. The maximum atomic E-state index is 13.1. The van der Waals surface area contributed by atoms with Gasteiger partial charge in [-0.15, -0.1) is 0 Å². The predicted molar refractivity (Wildman–Crippen MR) is 171 cm³/mol. The molecule has 0 spiro atoms. The number of aryl methyl sites for hydroxylation is 1. The maximum absolute atomic E-state index is 13.1. The van der Waals surface area contributed by atoms with E-state index >= 15 is 0 Å². The van der Waals surface area contributed by atoms with Gasteiger partial charge in [0.25, 0.3) is 0 Å². The van der Waals surface area contributed by atoms with Gasteiger partial charge in [-0.05, 0) is 49.8 Å². The Kier molecular flexibility index (Phi) is 14.8. The standard InChI is InChI=1S/C32H48N8O2/c1-2-3-20-35-31(39-34)36-21-12-6-4-5-7-13-22-40-23-14-18-26-15-8-9-17-28(26)25-42-29-19-11-10-16-27(29)24-37-30(33)38-32(40)41/h2-3,8-11,15-17,19H,4-7,12-14,18,20-25,34H2,1H3,(H2,35,36,39)(H3,33,37,38,41)/b3-2+. The Labute approximate surface area is 250 Å². The van der Waals surface area contributed by atoms with Crippen molar-refractivity contribution in [3.63, 3.8) is 0 Å². The number of allylic oxidation sites excluding steroid dienone is 1. The van der Waals surface area contributed by atoms with Gasteiger partial charge in [-0.3, -0.25) is 10.7 Å². The van der Waals surface area contributed by atoms with Crippen LogP contribution < -0.4 is 32.4 Å². The fraction of sp³-hybridized carbons (Fsp3) is 0.469. The summed E-state index contributed by atoms with van der Waals surface area (Å²) in [6.45, 7) is 5.54. The number of unbranched alkanes of at least 4 members (excludes halogenated alkanes) is 5. The molecule has 42 heavy (non-hydrogen) atoms. The number of para-hydroxylation sites is 1. The van der Waals surface area contributed by atoms with Gasteiger partial charge >= 0.3 is 6.03 Å². The monoisotopic (exact) mass is 576 g/mol. The van der Waals surface area contributed by atoms with Crippen LogP contribution in [0.2, 0.25) is 0 Å². The van der Waals surface area contributed by atoms with E-state index in [9.17, 15) is 4.79 Å². The zero-order valence-electron chi connectivity index (χ0n) is 25.0. The van der Waals surface area contributed by atoms with Crippen molar-refractivity contribution in [1.29, 1.82) is 0 Å². The lowest BCUT2D eigenvalue weighted by Crippen LogP contribution is -2.46. The summed E-state index contributed by atoms with van der Waals surface area (Å²) in [5, 5.41) is 6.03. The number of fused-ring (bicyclic) bond motifs is 2. The molecule has 0 unspecified atom stereocenters. The van der Waals surface area contributed by atoms with Crippen molar-refractivity contribution in [2.45, 2.75) is 71.4 Å². The number of amides is 2. The van der Waals surface area contributed by atoms with E-state index in [-0.39, 0.29) is 12.0 Å². The Balaban J connectivity index is 1.49. The van der Waals surface area contributed by atoms with Crippen molar-refractivity contribution in [3.8, 4) is 5.75 Å². The highest BCUT2D eigenvalue weighted by atomic mass is 16.5. The van der Waals surface area contributed by atoms with Crippen LogP contribution in [0, 0.1) is 0 Å². The first kappa shape index (κ1) is 32.5. The molecule has 0 fully saturated rings. The van der Waals surface area contributed by atoms with Gasteiger partial charge in [-0.2, -0.15) is 0 Å². The second kappa shape index (κ2) is 19.1. The first-order valence-electron chi connectivity index (χ1n) is 15.1. The summed E-state index contributed by atoms with van der Waals surface area (Å²) in [6.07, 6.45) is 12.1. The van der Waals surface area contributed by atoms with Crippen molar-refractivity contribution in [2.75, 3.05) is 26.2 Å². The van der Waals surface area contributed by atoms with Gasteiger partial charge in [0.1, 0.15) is 12.4 Å². The fourth-order valence-corrected chi connectivity index (χ4v) is 4.79. The van der Waals surface area contributed by atoms with Gasteiger partial charge in [0.05, 0.1) is 13.1 Å². The zero-order valence-corrected chi connectivity index (χ0v) is 25.0. The first-order chi connectivity index (χ1) is 20.6. The Morgan fingerprint density at radius 1 is 1.05 bits per heavy atom. The molecule has 0 radical (unpaired) electrons. The Morgan fingerprint density at radius 2 is 1.76 bits per heavy atom. The van der Waals surface area contributed by atoms with E-state index in [1.165, 1.54) is 5.56 Å². The Bertz CT molecular complexity index is 1180. The van der Waals surface area contributed by atoms with Crippen LogP contribution in [0.3, 0.4) is 0 Å². The molecule has 2 aromatic carbocycles. The normalized spacial score (nSPS) is 15.0. The van der Waals surface area contributed by atoms with Crippen LogP contribution >= 0.6 is 0 Å². The lowest BCUT2D eigenvalue weighted by molar-refractivity contribution is 0.200. The number of hydrazine groups is 1. The predicted octanol–water partition coefficient (Wildman–Crippen LogP) is 4.36. The van der Waals surface area contributed by atoms with E-state index in [2.05, 4.69) is 44.2 Å². The lowest BCUT2D eigenvalue weighted by Gasteiger charge is -2.23. The van der Waals surface area contributed by atoms with Gasteiger partial charge in [0.15, 0.2) is 5.96 Å². The average molecular weight is 577 g/mol. The van der Waals surface area contributed by atoms with E-state index in [1.807, 2.05) is 54.3 Å². The lowest BCUT2D eigenvalue weighted by atomic mass is 10.0. The third-order valence-electron chi connectivity index (χ3n) is 7.16. The van der Waals surface area contributed by atoms with Crippen LogP contribution in [0.4, 0.5) is 4.79 Å². The quantitative estimate of drug-likeness (QED) is 0.0672. The molecular formula is C32H48N8O2. The summed E-state index contributed by atoms with van der Waals surface area (Å²) < 4.78 is 6.18. The van der Waals surface area contributed by atoms with Crippen molar-refractivity contribution in [2.24, 2.45) is 21.6 Å². The third kappa shape index (κ3) is 11.8. The topological polar surface area (TPSA) is 142 Å². The minimum Gasteiger partial charge on any atom is -0.489 e. The van der Waals surface area contributed by atoms with E-state index in [0.717, 1.165) is 74.8 Å². The summed E-state index contributed by atoms with van der Waals surface area (Å²) >= 11 is 0. The molecule has 0 bridgehead atoms. The van der Waals surface area contributed by atoms with Crippen LogP contribution in [0.5, 0.6) is 5.75 Å². The molecule has 10 heteroatoms. The highest BCUT2D eigenvalue weighted by Gasteiger charge is 2.15. The summed E-state index contributed by atoms with van der Waals surface area (Å²) in [6, 6.07) is 16.0. The largest absolute Gasteiger partial charge is 0.489 e. The molecule has 10 nitrogen and oxygen atoms in total. The van der Waals surface area contributed by atoms with Gasteiger partial charge in [-0.1, -0.05) is 80.3 Å². The van der Waals surface area contributed by atoms with Gasteiger partial charge in [0, 0.05) is 25.2 Å². The number of carbonyl (C=O) groups is 1. The SMILES string of the molecule is C/C=C/CN=C(NN)NCCCCCCCCN1CCCc2ccccc2COc2ccccc2CN=C(N)NC1=O. The number of rotatable bonds is 11. The number of nitrogens with zero attached hydrogens (tertiary/aromatic N) is 3. The van der Waals surface area contributed by atoms with Crippen LogP contribution in [0.1, 0.15) is 68.6 Å². The molecule has 0 aromatic heterocycles. The molecule has 0 saturated carbocycles. The third-order valence-corrected chi connectivity index (χ3v) is 7.16. The summed E-state index contributed by atoms with van der Waals surface area (Å²) in [4.78, 5) is 23.8. The number of guanidine groups is 2. The van der Waals surface area contributed by atoms with Crippen LogP contribution in [0.15, 0.2) is 70.7 Å². The smallest absolute Gasteiger partial charge is 0.324 e. The molecule has 0 saturated heterocycles. The summed E-state index contributed by atoms with van der Waals surface area (Å²) in [7, 11) is 0. The second-order valence-electron chi connectivity index (χ2n) is 10.3. The minimum absolute atomic E-state index is 0.117. The van der Waals surface area contributed by atoms with E-state index < -0.39 is 0 Å². The Hall–Kier alpha value is -4.05. The number of benzene rings is 2. The van der Waals surface area contributed by atoms with E-state index in [0.29, 0.717) is 38.7 Å². The molecule has 1 aliphatic heterocycles.